The van der Waals surface area contributed by atoms with E-state index < -0.39 is 0 Å². The topological polar surface area (TPSA) is 21.6 Å². The molecule has 1 aromatic rings. The van der Waals surface area contributed by atoms with Crippen molar-refractivity contribution in [2.24, 2.45) is 5.16 Å². The molecule has 0 aliphatic heterocycles. The fourth-order valence-corrected chi connectivity index (χ4v) is 0.662. The lowest BCUT2D eigenvalue weighted by molar-refractivity contribution is 0.160. The van der Waals surface area contributed by atoms with Gasteiger partial charge in [-0.15, -0.1) is 0 Å². The zero-order valence-corrected chi connectivity index (χ0v) is 8.45. The number of hydrogen-bond acceptors (Lipinski definition) is 2. The van der Waals surface area contributed by atoms with Crippen LogP contribution in [0.4, 0.5) is 0 Å². The summed E-state index contributed by atoms with van der Waals surface area (Å²) >= 11 is 0. The lowest BCUT2D eigenvalue weighted by Crippen LogP contribution is -1.82. The molecule has 72 valence electrons. The summed E-state index contributed by atoms with van der Waals surface area (Å²) in [5, 5.41) is 3.60. The highest BCUT2D eigenvalue weighted by atomic mass is 16.6. The van der Waals surface area contributed by atoms with Crippen molar-refractivity contribution in [3.05, 3.63) is 35.9 Å². The van der Waals surface area contributed by atoms with Crippen molar-refractivity contribution in [1.82, 2.24) is 0 Å². The van der Waals surface area contributed by atoms with Crippen LogP contribution in [0.3, 0.4) is 0 Å². The van der Waals surface area contributed by atoms with Gasteiger partial charge in [0, 0.05) is 0 Å². The molecule has 0 heterocycles. The van der Waals surface area contributed by atoms with Crippen LogP contribution in [0.5, 0.6) is 0 Å². The van der Waals surface area contributed by atoms with E-state index in [9.17, 15) is 0 Å². The van der Waals surface area contributed by atoms with Gasteiger partial charge in [0.2, 0.25) is 0 Å². The maximum Gasteiger partial charge on any atom is 0.114 e. The van der Waals surface area contributed by atoms with E-state index in [4.69, 9.17) is 6.21 Å². The predicted molar refractivity (Wildman–Crippen MR) is 57.0 cm³/mol. The van der Waals surface area contributed by atoms with Gasteiger partial charge in [-0.1, -0.05) is 49.3 Å². The van der Waals surface area contributed by atoms with Crippen molar-refractivity contribution in [3.8, 4) is 0 Å². The Morgan fingerprint density at radius 3 is 2.54 bits per heavy atom. The van der Waals surface area contributed by atoms with Crippen LogP contribution < -0.4 is 0 Å². The largest absolute Gasteiger partial charge is 0.396 e. The molecule has 0 aliphatic rings. The first-order valence-electron chi connectivity index (χ1n) is 5.06. The molecule has 0 spiro atoms. The minimum atomic E-state index is 0.164. The van der Waals surface area contributed by atoms with E-state index in [1.54, 1.807) is 0 Å². The second-order valence-corrected chi connectivity index (χ2v) is 1.99. The Labute approximate surface area is 81.6 Å². The first kappa shape index (κ1) is 9.78. The number of hydrogen-bond donors (Lipinski definition) is 0. The van der Waals surface area contributed by atoms with E-state index in [2.05, 4.69) is 5.16 Å². The third kappa shape index (κ3) is 5.91. The monoisotopic (exact) mass is 181 g/mol. The third-order valence-electron chi connectivity index (χ3n) is 1.14. The van der Waals surface area contributed by atoms with Gasteiger partial charge in [0.05, 0.1) is 7.56 Å². The van der Waals surface area contributed by atoms with Crippen LogP contribution in [0.2, 0.25) is 0 Å². The van der Waals surface area contributed by atoms with Gasteiger partial charge in [-0.25, -0.2) is 0 Å². The van der Waals surface area contributed by atoms with Crippen molar-refractivity contribution >= 4 is 6.19 Å². The zero-order valence-electron chi connectivity index (χ0n) is 9.45. The van der Waals surface area contributed by atoms with Crippen LogP contribution in [0.25, 0.3) is 0 Å². The predicted octanol–water partition coefficient (Wildman–Crippen LogP) is 3.08. The van der Waals surface area contributed by atoms with Gasteiger partial charge in [-0.05, 0) is 12.5 Å². The van der Waals surface area contributed by atoms with E-state index >= 15 is 0 Å². The highest BCUT2D eigenvalue weighted by molar-refractivity contribution is 5.78. The molecule has 0 amide bonds. The molecule has 1 aromatic carbocycles. The standard InChI is InChI=1S/C9H11NO.C2H6/c1-2-11-10-8-9-6-4-3-5-7-9;1-2/h3-8H,2H2,1H3;1-2H3/b10-8-;/i8T;. The summed E-state index contributed by atoms with van der Waals surface area (Å²) in [5.41, 5.74) is 0.769. The Morgan fingerprint density at radius 2 is 2.00 bits per heavy atom. The molecule has 0 N–H and O–H groups in total. The van der Waals surface area contributed by atoms with Crippen LogP contribution in [-0.4, -0.2) is 12.8 Å². The first-order chi connectivity index (χ1) is 6.84. The molecule has 13 heavy (non-hydrogen) atoms. The maximum atomic E-state index is 7.44. The molecule has 0 saturated heterocycles. The number of oxime groups is 1. The summed E-state index contributed by atoms with van der Waals surface area (Å²) in [6.07, 6.45) is 0.164. The molecule has 0 fully saturated rings. The lowest BCUT2D eigenvalue weighted by atomic mass is 10.2. The first-order valence-corrected chi connectivity index (χ1v) is 4.56. The fourth-order valence-electron chi connectivity index (χ4n) is 0.662. The second kappa shape index (κ2) is 8.78. The summed E-state index contributed by atoms with van der Waals surface area (Å²) in [5.74, 6) is 0. The Morgan fingerprint density at radius 1 is 1.38 bits per heavy atom. The average molecular weight is 181 g/mol. The quantitative estimate of drug-likeness (QED) is 0.518. The molecule has 2 nitrogen and oxygen atoms in total. The maximum absolute atomic E-state index is 7.44. The zero-order chi connectivity index (χ0) is 10.8. The van der Waals surface area contributed by atoms with E-state index in [0.29, 0.717) is 6.61 Å². The van der Waals surface area contributed by atoms with Gasteiger partial charge in [0.1, 0.15) is 6.61 Å². The molecule has 0 atom stereocenters. The third-order valence-corrected chi connectivity index (χ3v) is 1.14. The minimum Gasteiger partial charge on any atom is -0.396 e. The summed E-state index contributed by atoms with van der Waals surface area (Å²) in [7, 11) is 0. The lowest BCUT2D eigenvalue weighted by Gasteiger charge is -1.91. The van der Waals surface area contributed by atoms with Crippen molar-refractivity contribution in [1.29, 1.82) is 0 Å². The van der Waals surface area contributed by atoms with Gasteiger partial charge in [0.15, 0.2) is 0 Å². The van der Waals surface area contributed by atoms with Crippen molar-refractivity contribution in [2.75, 3.05) is 6.61 Å². The van der Waals surface area contributed by atoms with Gasteiger partial charge >= 0.3 is 0 Å². The molecule has 0 saturated carbocycles. The molecule has 0 radical (unpaired) electrons. The minimum absolute atomic E-state index is 0.164. The smallest absolute Gasteiger partial charge is 0.114 e. The van der Waals surface area contributed by atoms with Crippen LogP contribution in [0, 0.1) is 0 Å². The van der Waals surface area contributed by atoms with E-state index in [1.165, 1.54) is 0 Å². The highest BCUT2D eigenvalue weighted by Crippen LogP contribution is 1.93. The van der Waals surface area contributed by atoms with Crippen LogP contribution in [-0.2, 0) is 4.84 Å². The molecular formula is C11H17NO. The SMILES string of the molecule is CC.[3H]/C(=N/OCC)c1ccccc1. The number of nitrogens with zero attached hydrogens (tertiary/aromatic N) is 1. The van der Waals surface area contributed by atoms with Crippen molar-refractivity contribution < 1.29 is 6.21 Å². The Bertz CT molecular complexity index is 259. The molecule has 2 heteroatoms. The van der Waals surface area contributed by atoms with Crippen LogP contribution >= 0.6 is 0 Å². The van der Waals surface area contributed by atoms with Crippen molar-refractivity contribution in [3.63, 3.8) is 0 Å². The molecule has 1 rings (SSSR count). The molecule has 0 aliphatic carbocycles. The summed E-state index contributed by atoms with van der Waals surface area (Å²) in [4.78, 5) is 4.75. The molecular weight excluding hydrogens is 162 g/mol. The van der Waals surface area contributed by atoms with E-state index in [1.807, 2.05) is 51.1 Å². The summed E-state index contributed by atoms with van der Waals surface area (Å²) in [6.45, 7) is 6.33. The van der Waals surface area contributed by atoms with Gasteiger partial charge < -0.3 is 4.84 Å². The highest BCUT2D eigenvalue weighted by Gasteiger charge is 1.81. The fraction of sp³-hybridized carbons (Fsp3) is 0.364. The molecule has 0 aromatic heterocycles. The van der Waals surface area contributed by atoms with Gasteiger partial charge in [-0.3, -0.25) is 0 Å². The van der Waals surface area contributed by atoms with Crippen LogP contribution in [0.1, 0.15) is 27.7 Å². The van der Waals surface area contributed by atoms with Crippen LogP contribution in [0.15, 0.2) is 35.5 Å². The summed E-state index contributed by atoms with van der Waals surface area (Å²) < 4.78 is 7.44. The van der Waals surface area contributed by atoms with E-state index in [0.717, 1.165) is 5.56 Å². The Hall–Kier alpha value is -1.31. The van der Waals surface area contributed by atoms with Gasteiger partial charge in [-0.2, -0.15) is 0 Å². The summed E-state index contributed by atoms with van der Waals surface area (Å²) in [6, 6.07) is 9.28. The Kier molecular flexibility index (Phi) is 6.60. The number of rotatable bonds is 3. The molecule has 0 unspecified atom stereocenters. The number of benzene rings is 1. The van der Waals surface area contributed by atoms with E-state index in [-0.39, 0.29) is 6.19 Å². The molecule has 0 bridgehead atoms. The van der Waals surface area contributed by atoms with Gasteiger partial charge in [0.25, 0.3) is 0 Å². The second-order valence-electron chi connectivity index (χ2n) is 1.99. The average Bonchev–Trinajstić information content (AvgIpc) is 2.30. The van der Waals surface area contributed by atoms with Crippen molar-refractivity contribution in [2.45, 2.75) is 20.8 Å². The normalized spacial score (nSPS) is 11.0. The Balaban J connectivity index is 0.000000791.